The summed E-state index contributed by atoms with van der Waals surface area (Å²) >= 11 is 3.32. The summed E-state index contributed by atoms with van der Waals surface area (Å²) in [4.78, 5) is 12.4. The van der Waals surface area contributed by atoms with Crippen LogP contribution in [0.4, 0.5) is 5.69 Å². The van der Waals surface area contributed by atoms with Crippen molar-refractivity contribution in [3.63, 3.8) is 0 Å². The molecule has 0 atom stereocenters. The summed E-state index contributed by atoms with van der Waals surface area (Å²) in [5.74, 6) is 0.404. The van der Waals surface area contributed by atoms with E-state index >= 15 is 0 Å². The van der Waals surface area contributed by atoms with E-state index < -0.39 is 15.9 Å². The molecule has 128 valence electrons. The first-order valence-electron chi connectivity index (χ1n) is 6.62. The number of hydrogen-bond donors (Lipinski definition) is 2. The van der Waals surface area contributed by atoms with E-state index in [1.807, 2.05) is 0 Å². The van der Waals surface area contributed by atoms with Crippen molar-refractivity contribution in [2.75, 3.05) is 19.5 Å². The highest BCUT2D eigenvalue weighted by atomic mass is 79.9. The Labute approximate surface area is 147 Å². The molecule has 0 radical (unpaired) electrons. The second kappa shape index (κ2) is 7.20. The standard InChI is InChI=1S/C15H15BrN2O5S/c1-22-10-7-12(14(23-2)13(16)8-10)15(19)18-9-3-5-11(6-4-9)24(17,20)21/h3-8H,1-2H3,(H,18,19)(H2,17,20,21). The summed E-state index contributed by atoms with van der Waals surface area (Å²) in [6.45, 7) is 0. The smallest absolute Gasteiger partial charge is 0.259 e. The molecule has 2 rings (SSSR count). The molecule has 0 spiro atoms. The highest BCUT2D eigenvalue weighted by Crippen LogP contribution is 2.34. The summed E-state index contributed by atoms with van der Waals surface area (Å²) in [7, 11) is -0.844. The highest BCUT2D eigenvalue weighted by molar-refractivity contribution is 9.10. The number of nitrogens with two attached hydrogens (primary N) is 1. The largest absolute Gasteiger partial charge is 0.497 e. The molecule has 0 aromatic heterocycles. The Morgan fingerprint density at radius 3 is 2.25 bits per heavy atom. The van der Waals surface area contributed by atoms with E-state index in [2.05, 4.69) is 21.2 Å². The number of ether oxygens (including phenoxy) is 2. The third-order valence-corrected chi connectivity index (χ3v) is 4.66. The maximum Gasteiger partial charge on any atom is 0.259 e. The molecule has 0 aliphatic rings. The van der Waals surface area contributed by atoms with Crippen molar-refractivity contribution >= 4 is 37.5 Å². The van der Waals surface area contributed by atoms with E-state index in [1.165, 1.54) is 44.6 Å². The van der Waals surface area contributed by atoms with Crippen molar-refractivity contribution in [3.8, 4) is 11.5 Å². The minimum atomic E-state index is -3.78. The molecular weight excluding hydrogens is 400 g/mol. The Morgan fingerprint density at radius 1 is 1.12 bits per heavy atom. The van der Waals surface area contributed by atoms with Crippen molar-refractivity contribution < 1.29 is 22.7 Å². The first-order chi connectivity index (χ1) is 11.3. The summed E-state index contributed by atoms with van der Waals surface area (Å²) in [6.07, 6.45) is 0. The molecule has 3 N–H and O–H groups in total. The number of benzene rings is 2. The van der Waals surface area contributed by atoms with Gasteiger partial charge < -0.3 is 14.8 Å². The average Bonchev–Trinajstić information content (AvgIpc) is 2.53. The van der Waals surface area contributed by atoms with Crippen molar-refractivity contribution in [1.82, 2.24) is 0 Å². The highest BCUT2D eigenvalue weighted by Gasteiger charge is 2.18. The number of methoxy groups -OCH3 is 2. The van der Waals surface area contributed by atoms with Crippen LogP contribution in [0.1, 0.15) is 10.4 Å². The van der Waals surface area contributed by atoms with Gasteiger partial charge in [0.1, 0.15) is 11.5 Å². The van der Waals surface area contributed by atoms with Gasteiger partial charge in [0.25, 0.3) is 5.91 Å². The average molecular weight is 415 g/mol. The fourth-order valence-corrected chi connectivity index (χ4v) is 3.11. The molecule has 0 fully saturated rings. The number of sulfonamides is 1. The number of anilines is 1. The lowest BCUT2D eigenvalue weighted by Gasteiger charge is -2.13. The molecule has 0 saturated carbocycles. The Morgan fingerprint density at radius 2 is 1.75 bits per heavy atom. The number of nitrogens with one attached hydrogen (secondary N) is 1. The molecule has 0 aliphatic carbocycles. The van der Waals surface area contributed by atoms with E-state index in [0.29, 0.717) is 21.7 Å². The van der Waals surface area contributed by atoms with Crippen molar-refractivity contribution in [2.45, 2.75) is 4.90 Å². The number of primary sulfonamides is 1. The Hall–Kier alpha value is -2.10. The van der Waals surface area contributed by atoms with Gasteiger partial charge in [0.2, 0.25) is 10.0 Å². The van der Waals surface area contributed by atoms with Gasteiger partial charge in [0, 0.05) is 5.69 Å². The molecule has 1 amide bonds. The maximum absolute atomic E-state index is 12.5. The zero-order chi connectivity index (χ0) is 17.9. The normalized spacial score (nSPS) is 11.0. The minimum Gasteiger partial charge on any atom is -0.497 e. The second-order valence-corrected chi connectivity index (χ2v) is 7.13. The van der Waals surface area contributed by atoms with Crippen LogP contribution in [-0.2, 0) is 10.0 Å². The summed E-state index contributed by atoms with van der Waals surface area (Å²) in [6, 6.07) is 8.72. The first kappa shape index (κ1) is 18.2. The van der Waals surface area contributed by atoms with Crippen molar-refractivity contribution in [3.05, 3.63) is 46.4 Å². The van der Waals surface area contributed by atoms with Gasteiger partial charge in [-0.15, -0.1) is 0 Å². The molecule has 0 unspecified atom stereocenters. The van der Waals surface area contributed by atoms with Crippen LogP contribution in [0.25, 0.3) is 0 Å². The molecule has 0 bridgehead atoms. The predicted octanol–water partition coefficient (Wildman–Crippen LogP) is 2.37. The third kappa shape index (κ3) is 4.05. The van der Waals surface area contributed by atoms with Gasteiger partial charge in [-0.3, -0.25) is 4.79 Å². The van der Waals surface area contributed by atoms with Gasteiger partial charge >= 0.3 is 0 Å². The SMILES string of the molecule is COc1cc(Br)c(OC)c(C(=O)Nc2ccc(S(N)(=O)=O)cc2)c1. The van der Waals surface area contributed by atoms with Crippen LogP contribution in [0.2, 0.25) is 0 Å². The van der Waals surface area contributed by atoms with E-state index in [1.54, 1.807) is 6.07 Å². The number of halogens is 1. The minimum absolute atomic E-state index is 0.0396. The fraction of sp³-hybridized carbons (Fsp3) is 0.133. The monoisotopic (exact) mass is 414 g/mol. The molecule has 9 heteroatoms. The van der Waals surface area contributed by atoms with Gasteiger partial charge in [-0.05, 0) is 52.3 Å². The number of carbonyl (C=O) groups excluding carboxylic acids is 1. The van der Waals surface area contributed by atoms with E-state index in [9.17, 15) is 13.2 Å². The lowest BCUT2D eigenvalue weighted by Crippen LogP contribution is -2.15. The molecule has 2 aromatic carbocycles. The number of hydrogen-bond acceptors (Lipinski definition) is 5. The van der Waals surface area contributed by atoms with Crippen LogP contribution in [0.3, 0.4) is 0 Å². The molecule has 2 aromatic rings. The van der Waals surface area contributed by atoms with E-state index in [-0.39, 0.29) is 10.5 Å². The maximum atomic E-state index is 12.5. The Bertz CT molecular complexity index is 866. The Kier molecular flexibility index (Phi) is 5.47. The van der Waals surface area contributed by atoms with Crippen molar-refractivity contribution in [1.29, 1.82) is 0 Å². The third-order valence-electron chi connectivity index (χ3n) is 3.14. The van der Waals surface area contributed by atoms with Crippen LogP contribution in [-0.4, -0.2) is 28.5 Å². The topological polar surface area (TPSA) is 108 Å². The zero-order valence-corrected chi connectivity index (χ0v) is 15.3. The second-order valence-electron chi connectivity index (χ2n) is 4.71. The van der Waals surface area contributed by atoms with E-state index in [0.717, 1.165) is 0 Å². The van der Waals surface area contributed by atoms with Crippen LogP contribution in [0.5, 0.6) is 11.5 Å². The number of amides is 1. The summed E-state index contributed by atoms with van der Waals surface area (Å²) in [5.41, 5.74) is 0.674. The lowest BCUT2D eigenvalue weighted by molar-refractivity contribution is 0.102. The van der Waals surface area contributed by atoms with Gasteiger partial charge in [-0.25, -0.2) is 13.6 Å². The molecular formula is C15H15BrN2O5S. The van der Waals surface area contributed by atoms with Crippen molar-refractivity contribution in [2.24, 2.45) is 5.14 Å². The van der Waals surface area contributed by atoms with Gasteiger partial charge in [-0.2, -0.15) is 0 Å². The molecule has 0 aliphatic heterocycles. The van der Waals surface area contributed by atoms with Gasteiger partial charge in [0.15, 0.2) is 0 Å². The van der Waals surface area contributed by atoms with Crippen LogP contribution in [0, 0.1) is 0 Å². The molecule has 7 nitrogen and oxygen atoms in total. The van der Waals surface area contributed by atoms with Gasteiger partial charge in [0.05, 0.1) is 29.2 Å². The lowest BCUT2D eigenvalue weighted by atomic mass is 10.1. The van der Waals surface area contributed by atoms with Crippen LogP contribution in [0.15, 0.2) is 45.8 Å². The van der Waals surface area contributed by atoms with Crippen LogP contribution >= 0.6 is 15.9 Å². The molecule has 0 heterocycles. The zero-order valence-electron chi connectivity index (χ0n) is 12.9. The quantitative estimate of drug-likeness (QED) is 0.780. The number of rotatable bonds is 5. The van der Waals surface area contributed by atoms with Gasteiger partial charge in [-0.1, -0.05) is 0 Å². The Balaban J connectivity index is 2.31. The predicted molar refractivity (Wildman–Crippen MR) is 93.0 cm³/mol. The number of carbonyl (C=O) groups is 1. The van der Waals surface area contributed by atoms with E-state index in [4.69, 9.17) is 14.6 Å². The fourth-order valence-electron chi connectivity index (χ4n) is 1.99. The van der Waals surface area contributed by atoms with Crippen LogP contribution < -0.4 is 19.9 Å². The molecule has 0 saturated heterocycles. The summed E-state index contributed by atoms with van der Waals surface area (Å²) in [5, 5.41) is 7.69. The first-order valence-corrected chi connectivity index (χ1v) is 8.96. The molecule has 24 heavy (non-hydrogen) atoms. The summed E-state index contributed by atoms with van der Waals surface area (Å²) < 4.78 is 33.4.